The Bertz CT molecular complexity index is 497. The highest BCUT2D eigenvalue weighted by Gasteiger charge is 2.12. The number of ketones is 1. The Labute approximate surface area is 108 Å². The highest BCUT2D eigenvalue weighted by atomic mass is 35.5. The van der Waals surface area contributed by atoms with Gasteiger partial charge in [-0.05, 0) is 25.1 Å². The number of benzene rings is 1. The molecule has 6 heteroatoms. The lowest BCUT2D eigenvalue weighted by Gasteiger charge is -2.01. The van der Waals surface area contributed by atoms with E-state index in [4.69, 9.17) is 23.2 Å². The predicted octanol–water partition coefficient (Wildman–Crippen LogP) is 3.12. The second-order valence-electron chi connectivity index (χ2n) is 3.24. The number of halogens is 2. The summed E-state index contributed by atoms with van der Waals surface area (Å²) >= 11 is 11.5. The monoisotopic (exact) mass is 273 g/mol. The summed E-state index contributed by atoms with van der Waals surface area (Å²) in [6.45, 7) is 2.76. The van der Waals surface area contributed by atoms with Crippen molar-refractivity contribution < 1.29 is 14.4 Å². The van der Waals surface area contributed by atoms with Crippen LogP contribution in [0.5, 0.6) is 0 Å². The Hall–Kier alpha value is -1.39. The summed E-state index contributed by atoms with van der Waals surface area (Å²) in [5.74, 6) is -1.02. The summed E-state index contributed by atoms with van der Waals surface area (Å²) in [6, 6.07) is 4.35. The Kier molecular flexibility index (Phi) is 4.66. The maximum Gasteiger partial charge on any atom is 0.367 e. The summed E-state index contributed by atoms with van der Waals surface area (Å²) in [5, 5.41) is 3.97. The van der Waals surface area contributed by atoms with Crippen molar-refractivity contribution in [3.05, 3.63) is 33.8 Å². The van der Waals surface area contributed by atoms with E-state index in [1.54, 1.807) is 0 Å². The molecular weight excluding hydrogens is 265 g/mol. The molecule has 0 atom stereocenters. The van der Waals surface area contributed by atoms with Gasteiger partial charge in [0.1, 0.15) is 5.71 Å². The average molecular weight is 274 g/mol. The van der Waals surface area contributed by atoms with Gasteiger partial charge in [-0.1, -0.05) is 28.4 Å². The second kappa shape index (κ2) is 5.80. The van der Waals surface area contributed by atoms with E-state index < -0.39 is 5.97 Å². The molecule has 0 bridgehead atoms. The molecule has 0 N–H and O–H groups in total. The van der Waals surface area contributed by atoms with Gasteiger partial charge in [-0.25, -0.2) is 4.79 Å². The minimum atomic E-state index is -0.743. The molecule has 0 aliphatic carbocycles. The smallest absolute Gasteiger partial charge is 0.312 e. The fourth-order valence-corrected chi connectivity index (χ4v) is 1.36. The number of Topliss-reactive ketones (excluding diaryl/α,β-unsaturated/α-hetero) is 1. The van der Waals surface area contributed by atoms with Gasteiger partial charge in [-0.15, -0.1) is 0 Å². The van der Waals surface area contributed by atoms with Crippen molar-refractivity contribution in [2.45, 2.75) is 13.8 Å². The summed E-state index contributed by atoms with van der Waals surface area (Å²) < 4.78 is 0. The molecule has 0 aliphatic rings. The molecule has 1 rings (SSSR count). The van der Waals surface area contributed by atoms with Crippen LogP contribution in [0, 0.1) is 0 Å². The Morgan fingerprint density at radius 2 is 1.88 bits per heavy atom. The van der Waals surface area contributed by atoms with Crippen molar-refractivity contribution >= 4 is 40.7 Å². The van der Waals surface area contributed by atoms with Crippen LogP contribution in [0.3, 0.4) is 0 Å². The van der Waals surface area contributed by atoms with Crippen LogP contribution in [0.1, 0.15) is 24.2 Å². The van der Waals surface area contributed by atoms with Gasteiger partial charge in [-0.2, -0.15) is 0 Å². The van der Waals surface area contributed by atoms with Crippen molar-refractivity contribution in [2.75, 3.05) is 0 Å². The Morgan fingerprint density at radius 3 is 2.41 bits per heavy atom. The van der Waals surface area contributed by atoms with E-state index in [-0.39, 0.29) is 22.1 Å². The largest absolute Gasteiger partial charge is 0.367 e. The summed E-state index contributed by atoms with van der Waals surface area (Å²) in [6.07, 6.45) is 0. The van der Waals surface area contributed by atoms with Gasteiger partial charge in [-0.3, -0.25) is 4.79 Å². The molecule has 1 aromatic carbocycles. The van der Waals surface area contributed by atoms with Crippen LogP contribution >= 0.6 is 23.2 Å². The number of oxime groups is 1. The summed E-state index contributed by atoms with van der Waals surface area (Å²) in [5.41, 5.74) is 0.236. The van der Waals surface area contributed by atoms with Crippen LogP contribution < -0.4 is 0 Å². The minimum absolute atomic E-state index is 0.100. The molecule has 0 radical (unpaired) electrons. The van der Waals surface area contributed by atoms with Gasteiger partial charge in [0.25, 0.3) is 0 Å². The van der Waals surface area contributed by atoms with Crippen molar-refractivity contribution in [3.63, 3.8) is 0 Å². The van der Waals surface area contributed by atoms with Gasteiger partial charge in [0.15, 0.2) is 5.78 Å². The normalized spacial score (nSPS) is 11.2. The van der Waals surface area contributed by atoms with E-state index in [1.807, 2.05) is 0 Å². The number of rotatable bonds is 3. The average Bonchev–Trinajstić information content (AvgIpc) is 2.25. The molecule has 0 saturated carbocycles. The molecule has 0 heterocycles. The first-order valence-corrected chi connectivity index (χ1v) is 5.39. The molecular formula is C11H9Cl2NO3. The SMILES string of the molecule is CC(=O)/C(C)=N\OC(=O)c1ccc(Cl)cc1Cl. The van der Waals surface area contributed by atoms with E-state index in [9.17, 15) is 9.59 Å². The number of hydrogen-bond donors (Lipinski definition) is 0. The lowest BCUT2D eigenvalue weighted by atomic mass is 10.2. The number of hydrogen-bond acceptors (Lipinski definition) is 4. The number of carbonyl (C=O) groups is 2. The van der Waals surface area contributed by atoms with E-state index in [0.717, 1.165) is 0 Å². The summed E-state index contributed by atoms with van der Waals surface area (Å²) in [4.78, 5) is 26.9. The van der Waals surface area contributed by atoms with Crippen LogP contribution in [0.4, 0.5) is 0 Å². The molecule has 0 unspecified atom stereocenters. The van der Waals surface area contributed by atoms with E-state index >= 15 is 0 Å². The van der Waals surface area contributed by atoms with Gasteiger partial charge < -0.3 is 4.84 Å². The van der Waals surface area contributed by atoms with Crippen molar-refractivity contribution in [1.29, 1.82) is 0 Å². The maximum atomic E-state index is 11.5. The molecule has 1 aromatic rings. The fraction of sp³-hybridized carbons (Fsp3) is 0.182. The quantitative estimate of drug-likeness (QED) is 0.483. The first kappa shape index (κ1) is 13.7. The fourth-order valence-electron chi connectivity index (χ4n) is 0.878. The van der Waals surface area contributed by atoms with Crippen LogP contribution in [0.15, 0.2) is 23.4 Å². The lowest BCUT2D eigenvalue weighted by molar-refractivity contribution is -0.111. The number of carbonyl (C=O) groups excluding carboxylic acids is 2. The van der Waals surface area contributed by atoms with Gasteiger partial charge >= 0.3 is 5.97 Å². The Morgan fingerprint density at radius 1 is 1.24 bits per heavy atom. The molecule has 0 fully saturated rings. The van der Waals surface area contributed by atoms with E-state index in [1.165, 1.54) is 32.0 Å². The number of nitrogens with zero attached hydrogens (tertiary/aromatic N) is 1. The lowest BCUT2D eigenvalue weighted by Crippen LogP contribution is -2.08. The minimum Gasteiger partial charge on any atom is -0.312 e. The standard InChI is InChI=1S/C11H9Cl2NO3/c1-6(7(2)15)14-17-11(16)9-4-3-8(12)5-10(9)13/h3-5H,1-2H3/b14-6-. The van der Waals surface area contributed by atoms with Crippen molar-refractivity contribution in [2.24, 2.45) is 5.16 Å². The molecule has 17 heavy (non-hydrogen) atoms. The highest BCUT2D eigenvalue weighted by Crippen LogP contribution is 2.21. The molecule has 90 valence electrons. The zero-order chi connectivity index (χ0) is 13.0. The highest BCUT2D eigenvalue weighted by molar-refractivity contribution is 6.38. The molecule has 0 amide bonds. The molecule has 0 saturated heterocycles. The predicted molar refractivity (Wildman–Crippen MR) is 65.7 cm³/mol. The maximum absolute atomic E-state index is 11.5. The van der Waals surface area contributed by atoms with Crippen molar-refractivity contribution in [3.8, 4) is 0 Å². The van der Waals surface area contributed by atoms with Crippen LogP contribution in [-0.2, 0) is 9.63 Å². The molecule has 0 aromatic heterocycles. The van der Waals surface area contributed by atoms with E-state index in [2.05, 4.69) is 9.99 Å². The zero-order valence-electron chi connectivity index (χ0n) is 9.16. The topological polar surface area (TPSA) is 55.7 Å². The van der Waals surface area contributed by atoms with Gasteiger partial charge in [0, 0.05) is 11.9 Å². The Balaban J connectivity index is 2.84. The first-order chi connectivity index (χ1) is 7.91. The third kappa shape index (κ3) is 3.84. The third-order valence-corrected chi connectivity index (χ3v) is 2.47. The van der Waals surface area contributed by atoms with E-state index in [0.29, 0.717) is 5.02 Å². The first-order valence-electron chi connectivity index (χ1n) is 4.63. The van der Waals surface area contributed by atoms with Gasteiger partial charge in [0.05, 0.1) is 10.6 Å². The molecule has 4 nitrogen and oxygen atoms in total. The molecule has 0 aliphatic heterocycles. The van der Waals surface area contributed by atoms with Crippen LogP contribution in [0.25, 0.3) is 0 Å². The third-order valence-electron chi connectivity index (χ3n) is 1.93. The summed E-state index contributed by atoms with van der Waals surface area (Å²) in [7, 11) is 0. The molecule has 0 spiro atoms. The van der Waals surface area contributed by atoms with Crippen LogP contribution in [0.2, 0.25) is 10.0 Å². The second-order valence-corrected chi connectivity index (χ2v) is 4.08. The zero-order valence-corrected chi connectivity index (χ0v) is 10.7. The van der Waals surface area contributed by atoms with Crippen LogP contribution in [-0.4, -0.2) is 17.5 Å². The van der Waals surface area contributed by atoms with Gasteiger partial charge in [0.2, 0.25) is 0 Å². The van der Waals surface area contributed by atoms with Crippen molar-refractivity contribution in [1.82, 2.24) is 0 Å².